The highest BCUT2D eigenvalue weighted by atomic mass is 31.2. The van der Waals surface area contributed by atoms with E-state index < -0.39 is 15.3 Å². The largest absolute Gasteiger partial charge is 0.358 e. The van der Waals surface area contributed by atoms with E-state index in [-0.39, 0.29) is 0 Å². The SMILES string of the molecule is COP(C)c1ccc2c(c1)[nH]c1cc(P(C)(C)=O)ccc12. The second kappa shape index (κ2) is 5.25. The Kier molecular flexibility index (Phi) is 3.69. The fourth-order valence-electron chi connectivity index (χ4n) is 2.52. The van der Waals surface area contributed by atoms with Crippen molar-refractivity contribution in [2.45, 2.75) is 0 Å². The van der Waals surface area contributed by atoms with Gasteiger partial charge in [-0.15, -0.1) is 0 Å². The molecule has 3 aromatic rings. The molecule has 0 aliphatic heterocycles. The third-order valence-electron chi connectivity index (χ3n) is 3.83. The predicted molar refractivity (Wildman–Crippen MR) is 94.4 cm³/mol. The van der Waals surface area contributed by atoms with Gasteiger partial charge in [0.1, 0.15) is 7.14 Å². The van der Waals surface area contributed by atoms with E-state index in [4.69, 9.17) is 4.52 Å². The van der Waals surface area contributed by atoms with Crippen LogP contribution in [0.5, 0.6) is 0 Å². The normalized spacial score (nSPS) is 13.9. The molecule has 0 fully saturated rings. The van der Waals surface area contributed by atoms with Crippen molar-refractivity contribution >= 4 is 47.7 Å². The van der Waals surface area contributed by atoms with Crippen molar-refractivity contribution in [2.24, 2.45) is 0 Å². The molecule has 1 unspecified atom stereocenters. The maximum absolute atomic E-state index is 12.2. The highest BCUT2D eigenvalue weighted by Crippen LogP contribution is 2.37. The minimum atomic E-state index is -2.23. The van der Waals surface area contributed by atoms with Gasteiger partial charge in [-0.2, -0.15) is 0 Å². The Morgan fingerprint density at radius 1 is 1.05 bits per heavy atom. The van der Waals surface area contributed by atoms with Crippen LogP contribution in [0.4, 0.5) is 0 Å². The Hall–Kier alpha value is -1.14. The zero-order valence-corrected chi connectivity index (χ0v) is 14.5. The Bertz CT molecular complexity index is 863. The first kappa shape index (κ1) is 14.8. The lowest BCUT2D eigenvalue weighted by Gasteiger charge is -2.08. The molecule has 2 aromatic carbocycles. The van der Waals surface area contributed by atoms with Crippen LogP contribution >= 0.6 is 15.3 Å². The van der Waals surface area contributed by atoms with Crippen LogP contribution in [0, 0.1) is 0 Å². The third-order valence-corrected chi connectivity index (χ3v) is 6.90. The lowest BCUT2D eigenvalue weighted by Crippen LogP contribution is -2.01. The molecule has 21 heavy (non-hydrogen) atoms. The molecule has 0 bridgehead atoms. The average Bonchev–Trinajstić information content (AvgIpc) is 2.81. The molecule has 0 saturated carbocycles. The third kappa shape index (κ3) is 2.66. The van der Waals surface area contributed by atoms with E-state index in [0.29, 0.717) is 0 Å². The molecule has 0 aliphatic rings. The minimum absolute atomic E-state index is 0.565. The van der Waals surface area contributed by atoms with Crippen LogP contribution in [0.3, 0.4) is 0 Å². The van der Waals surface area contributed by atoms with Gasteiger partial charge in [0.05, 0.1) is 8.15 Å². The number of aromatic nitrogens is 1. The first-order chi connectivity index (χ1) is 9.90. The first-order valence-electron chi connectivity index (χ1n) is 6.79. The van der Waals surface area contributed by atoms with Gasteiger partial charge in [0.2, 0.25) is 0 Å². The molecular formula is C16H19NO2P2. The van der Waals surface area contributed by atoms with E-state index in [0.717, 1.165) is 16.3 Å². The second-order valence-corrected chi connectivity index (χ2v) is 10.7. The van der Waals surface area contributed by atoms with E-state index >= 15 is 0 Å². The lowest BCUT2D eigenvalue weighted by molar-refractivity contribution is 0.471. The van der Waals surface area contributed by atoms with Gasteiger partial charge in [-0.1, -0.05) is 24.3 Å². The van der Waals surface area contributed by atoms with Crippen molar-refractivity contribution < 1.29 is 9.09 Å². The fraction of sp³-hybridized carbons (Fsp3) is 0.250. The number of hydrogen-bond acceptors (Lipinski definition) is 2. The summed E-state index contributed by atoms with van der Waals surface area (Å²) in [6.45, 7) is 5.71. The monoisotopic (exact) mass is 319 g/mol. The highest BCUT2D eigenvalue weighted by Gasteiger charge is 2.14. The van der Waals surface area contributed by atoms with Crippen molar-refractivity contribution in [3.63, 3.8) is 0 Å². The molecule has 1 atom stereocenters. The molecular weight excluding hydrogens is 300 g/mol. The Balaban J connectivity index is 2.22. The van der Waals surface area contributed by atoms with Gasteiger partial charge in [0.25, 0.3) is 0 Å². The van der Waals surface area contributed by atoms with Crippen LogP contribution in [0.25, 0.3) is 21.8 Å². The smallest absolute Gasteiger partial charge is 0.109 e. The topological polar surface area (TPSA) is 42.1 Å². The molecule has 3 nitrogen and oxygen atoms in total. The number of fused-ring (bicyclic) bond motifs is 3. The summed E-state index contributed by atoms with van der Waals surface area (Å²) in [5.41, 5.74) is 2.15. The van der Waals surface area contributed by atoms with Crippen molar-refractivity contribution in [1.29, 1.82) is 0 Å². The Morgan fingerprint density at radius 2 is 1.67 bits per heavy atom. The standard InChI is InChI=1S/C16H19NO2P2/c1-19-20(2)11-5-7-13-14-8-6-12(21(3,4)18)10-16(14)17-15(13)9-11/h5-10,17H,1-4H3. The molecule has 110 valence electrons. The first-order valence-corrected chi connectivity index (χ1v) is 11.1. The molecule has 1 heterocycles. The van der Waals surface area contributed by atoms with E-state index in [1.807, 2.05) is 12.1 Å². The Morgan fingerprint density at radius 3 is 2.29 bits per heavy atom. The predicted octanol–water partition coefficient (Wildman–Crippen LogP) is 3.87. The van der Waals surface area contributed by atoms with E-state index in [2.05, 4.69) is 35.9 Å². The summed E-state index contributed by atoms with van der Waals surface area (Å²) in [6, 6.07) is 12.5. The van der Waals surface area contributed by atoms with Crippen LogP contribution in [0.2, 0.25) is 0 Å². The van der Waals surface area contributed by atoms with Crippen LogP contribution in [0.1, 0.15) is 0 Å². The summed E-state index contributed by atoms with van der Waals surface area (Å²) in [5.74, 6) is 0. The van der Waals surface area contributed by atoms with Crippen LogP contribution < -0.4 is 10.6 Å². The maximum Gasteiger partial charge on any atom is 0.109 e. The molecule has 0 spiro atoms. The molecule has 0 saturated heterocycles. The lowest BCUT2D eigenvalue weighted by atomic mass is 10.1. The number of nitrogens with one attached hydrogen (secondary N) is 1. The van der Waals surface area contributed by atoms with Crippen molar-refractivity contribution in [3.05, 3.63) is 36.4 Å². The van der Waals surface area contributed by atoms with Gasteiger partial charge in [-0.05, 0) is 32.1 Å². The van der Waals surface area contributed by atoms with Crippen LogP contribution in [-0.2, 0) is 9.09 Å². The van der Waals surface area contributed by atoms with Gasteiger partial charge in [-0.3, -0.25) is 0 Å². The maximum atomic E-state index is 12.2. The average molecular weight is 319 g/mol. The van der Waals surface area contributed by atoms with Gasteiger partial charge in [-0.25, -0.2) is 0 Å². The molecule has 0 amide bonds. The van der Waals surface area contributed by atoms with Gasteiger partial charge < -0.3 is 14.1 Å². The number of rotatable bonds is 3. The van der Waals surface area contributed by atoms with Crippen LogP contribution in [-0.4, -0.2) is 32.1 Å². The van der Waals surface area contributed by atoms with Crippen LogP contribution in [0.15, 0.2) is 36.4 Å². The second-order valence-electron chi connectivity index (χ2n) is 5.62. The summed E-state index contributed by atoms with van der Waals surface area (Å²) in [5, 5.41) is 4.49. The molecule has 3 rings (SSSR count). The molecule has 0 aliphatic carbocycles. The quantitative estimate of drug-likeness (QED) is 0.745. The summed E-state index contributed by atoms with van der Waals surface area (Å²) >= 11 is 0. The zero-order chi connectivity index (χ0) is 15.2. The van der Waals surface area contributed by atoms with Gasteiger partial charge >= 0.3 is 0 Å². The summed E-state index contributed by atoms with van der Waals surface area (Å²) in [7, 11) is -1.05. The van der Waals surface area contributed by atoms with E-state index in [1.54, 1.807) is 20.4 Å². The molecule has 1 aromatic heterocycles. The van der Waals surface area contributed by atoms with Crippen molar-refractivity contribution in [3.8, 4) is 0 Å². The zero-order valence-electron chi connectivity index (χ0n) is 12.7. The summed E-state index contributed by atoms with van der Waals surface area (Å²) in [4.78, 5) is 3.44. The molecule has 1 N–H and O–H groups in total. The van der Waals surface area contributed by atoms with E-state index in [1.165, 1.54) is 16.1 Å². The van der Waals surface area contributed by atoms with Crippen molar-refractivity contribution in [1.82, 2.24) is 4.98 Å². The fourth-order valence-corrected chi connectivity index (χ4v) is 4.20. The summed E-state index contributed by atoms with van der Waals surface area (Å²) < 4.78 is 17.7. The minimum Gasteiger partial charge on any atom is -0.358 e. The van der Waals surface area contributed by atoms with E-state index in [9.17, 15) is 4.57 Å². The van der Waals surface area contributed by atoms with Gasteiger partial charge in [0.15, 0.2) is 0 Å². The summed E-state index contributed by atoms with van der Waals surface area (Å²) in [6.07, 6.45) is 0. The number of hydrogen-bond donors (Lipinski definition) is 1. The van der Waals surface area contributed by atoms with Gasteiger partial charge in [0, 0.05) is 39.5 Å². The number of aromatic amines is 1. The number of H-pyrrole nitrogens is 1. The number of benzene rings is 2. The van der Waals surface area contributed by atoms with Crippen molar-refractivity contribution in [2.75, 3.05) is 27.1 Å². The molecule has 0 radical (unpaired) electrons. The highest BCUT2D eigenvalue weighted by molar-refractivity contribution is 7.70. The Labute approximate surface area is 125 Å². The molecule has 5 heteroatoms.